The summed E-state index contributed by atoms with van der Waals surface area (Å²) >= 11 is 0. The number of fused-ring (bicyclic) bond motifs is 1. The molecule has 34 heavy (non-hydrogen) atoms. The number of carbonyl (C=O) groups is 2. The highest BCUT2D eigenvalue weighted by molar-refractivity contribution is 5.71. The molecule has 186 valence electrons. The van der Waals surface area contributed by atoms with Gasteiger partial charge in [0.2, 0.25) is 0 Å². The molecule has 4 aliphatic rings. The zero-order valence-corrected chi connectivity index (χ0v) is 20.1. The van der Waals surface area contributed by atoms with E-state index >= 15 is 0 Å². The van der Waals surface area contributed by atoms with Crippen molar-refractivity contribution in [2.75, 3.05) is 37.6 Å². The summed E-state index contributed by atoms with van der Waals surface area (Å²) in [6, 6.07) is 4.62. The third-order valence-corrected chi connectivity index (χ3v) is 8.60. The first-order valence-corrected chi connectivity index (χ1v) is 13.2. The second kappa shape index (κ2) is 10.5. The van der Waals surface area contributed by atoms with E-state index in [1.165, 1.54) is 12.1 Å². The van der Waals surface area contributed by atoms with Crippen molar-refractivity contribution in [2.45, 2.75) is 76.0 Å². The van der Waals surface area contributed by atoms with Crippen LogP contribution in [0, 0.1) is 11.8 Å². The molecule has 3 saturated heterocycles. The molecule has 0 bridgehead atoms. The number of carboxylic acids is 1. The predicted molar refractivity (Wildman–Crippen MR) is 129 cm³/mol. The fourth-order valence-corrected chi connectivity index (χ4v) is 6.68. The lowest BCUT2D eigenvalue weighted by molar-refractivity contribution is -0.143. The van der Waals surface area contributed by atoms with Gasteiger partial charge in [0.25, 0.3) is 0 Å². The molecule has 1 N–H and O–H groups in total. The molecule has 3 unspecified atom stereocenters. The van der Waals surface area contributed by atoms with Crippen LogP contribution in [0.3, 0.4) is 0 Å². The Balaban J connectivity index is 1.11. The van der Waals surface area contributed by atoms with Gasteiger partial charge in [0, 0.05) is 37.2 Å². The average Bonchev–Trinajstić information content (AvgIpc) is 3.21. The van der Waals surface area contributed by atoms with E-state index in [0.717, 1.165) is 84.1 Å². The second-order valence-corrected chi connectivity index (χ2v) is 10.5. The van der Waals surface area contributed by atoms with Crippen LogP contribution in [-0.4, -0.2) is 82.9 Å². The van der Waals surface area contributed by atoms with Crippen LogP contribution in [0.1, 0.15) is 57.8 Å². The third-order valence-electron chi connectivity index (χ3n) is 8.60. The van der Waals surface area contributed by atoms with Crippen LogP contribution in [0.25, 0.3) is 0 Å². The summed E-state index contributed by atoms with van der Waals surface area (Å²) in [6.07, 6.45) is 12.6. The average molecular weight is 471 g/mol. The molecule has 4 heterocycles. The number of pyridine rings is 1. The highest BCUT2D eigenvalue weighted by Gasteiger charge is 2.49. The van der Waals surface area contributed by atoms with Crippen molar-refractivity contribution in [3.8, 4) is 0 Å². The molecular formula is C26H38N4O4. The maximum absolute atomic E-state index is 13.0. The van der Waals surface area contributed by atoms with Gasteiger partial charge in [-0.3, -0.25) is 14.7 Å². The van der Waals surface area contributed by atoms with Crippen molar-refractivity contribution < 1.29 is 19.4 Å². The Morgan fingerprint density at radius 1 is 1.03 bits per heavy atom. The minimum atomic E-state index is -0.649. The van der Waals surface area contributed by atoms with Gasteiger partial charge in [0.05, 0.1) is 12.0 Å². The number of nitrogens with zero attached hydrogens (tertiary/aromatic N) is 4. The molecule has 4 fully saturated rings. The van der Waals surface area contributed by atoms with Crippen LogP contribution in [0.5, 0.6) is 0 Å². The second-order valence-electron chi connectivity index (χ2n) is 10.5. The van der Waals surface area contributed by atoms with Crippen LogP contribution in [0.4, 0.5) is 10.5 Å². The van der Waals surface area contributed by atoms with Gasteiger partial charge in [-0.15, -0.1) is 0 Å². The molecule has 1 aromatic rings. The molecule has 8 heteroatoms. The molecular weight excluding hydrogens is 432 g/mol. The standard InChI is InChI=1S/C26H38N4O4/c31-25(32)20-8-15-28(16-9-20)14-2-4-19-3-1-5-23-24(19)34-26(33)30(23)22-10-17-29(18-11-22)21-6-12-27-13-7-21/h6-7,12-13,19-20,22-24H,1-5,8-11,14-18H2,(H,31,32). The van der Waals surface area contributed by atoms with E-state index in [1.807, 2.05) is 12.4 Å². The van der Waals surface area contributed by atoms with Gasteiger partial charge >= 0.3 is 12.1 Å². The number of ether oxygens (including phenoxy) is 1. The first kappa shape index (κ1) is 23.4. The number of anilines is 1. The number of piperidine rings is 2. The Bertz CT molecular complexity index is 836. The summed E-state index contributed by atoms with van der Waals surface area (Å²) in [7, 11) is 0. The van der Waals surface area contributed by atoms with Gasteiger partial charge in [-0.1, -0.05) is 6.42 Å². The maximum Gasteiger partial charge on any atom is 0.410 e. The van der Waals surface area contributed by atoms with E-state index in [0.29, 0.717) is 5.92 Å². The van der Waals surface area contributed by atoms with Crippen molar-refractivity contribution in [1.82, 2.24) is 14.8 Å². The third kappa shape index (κ3) is 5.02. The molecule has 0 radical (unpaired) electrons. The highest BCUT2D eigenvalue weighted by atomic mass is 16.6. The van der Waals surface area contributed by atoms with Crippen molar-refractivity contribution in [3.63, 3.8) is 0 Å². The van der Waals surface area contributed by atoms with Gasteiger partial charge in [0.1, 0.15) is 6.10 Å². The molecule has 5 rings (SSSR count). The lowest BCUT2D eigenvalue weighted by Gasteiger charge is -2.41. The Kier molecular flexibility index (Phi) is 7.23. The Hall–Kier alpha value is -2.35. The van der Waals surface area contributed by atoms with Crippen LogP contribution in [0.2, 0.25) is 0 Å². The number of aromatic nitrogens is 1. The Morgan fingerprint density at radius 2 is 1.76 bits per heavy atom. The molecule has 1 amide bonds. The fraction of sp³-hybridized carbons (Fsp3) is 0.731. The molecule has 1 aliphatic carbocycles. The normalized spacial score (nSPS) is 29.2. The number of likely N-dealkylation sites (tertiary alicyclic amines) is 1. The summed E-state index contributed by atoms with van der Waals surface area (Å²) in [5.74, 6) is -0.375. The number of hydrogen-bond donors (Lipinski definition) is 1. The predicted octanol–water partition coefficient (Wildman–Crippen LogP) is 3.62. The van der Waals surface area contributed by atoms with Gasteiger partial charge in [0.15, 0.2) is 0 Å². The van der Waals surface area contributed by atoms with E-state index in [9.17, 15) is 14.7 Å². The molecule has 0 spiro atoms. The summed E-state index contributed by atoms with van der Waals surface area (Å²) < 4.78 is 6.02. The number of carbonyl (C=O) groups excluding carboxylic acids is 1. The van der Waals surface area contributed by atoms with Crippen LogP contribution in [-0.2, 0) is 9.53 Å². The van der Waals surface area contributed by atoms with Crippen molar-refractivity contribution >= 4 is 17.7 Å². The molecule has 0 aromatic carbocycles. The largest absolute Gasteiger partial charge is 0.481 e. The van der Waals surface area contributed by atoms with Crippen molar-refractivity contribution in [1.29, 1.82) is 0 Å². The van der Waals surface area contributed by atoms with E-state index < -0.39 is 5.97 Å². The minimum Gasteiger partial charge on any atom is -0.481 e. The number of amides is 1. The summed E-state index contributed by atoms with van der Waals surface area (Å²) in [5.41, 5.74) is 1.21. The number of rotatable bonds is 7. The molecule has 3 aliphatic heterocycles. The molecule has 8 nitrogen and oxygen atoms in total. The number of aliphatic carboxylic acids is 1. The summed E-state index contributed by atoms with van der Waals surface area (Å²) in [4.78, 5) is 35.2. The first-order valence-electron chi connectivity index (χ1n) is 13.2. The van der Waals surface area contributed by atoms with Crippen LogP contribution in [0.15, 0.2) is 24.5 Å². The highest BCUT2D eigenvalue weighted by Crippen LogP contribution is 2.40. The SMILES string of the molecule is O=C(O)C1CCN(CCCC2CCCC3C2OC(=O)N3C2CCN(c3ccncc3)CC2)CC1. The zero-order chi connectivity index (χ0) is 23.5. The van der Waals surface area contributed by atoms with E-state index in [-0.39, 0.29) is 30.2 Å². The smallest absolute Gasteiger partial charge is 0.410 e. The monoisotopic (exact) mass is 470 g/mol. The number of carboxylic acid groups (broad SMARTS) is 1. The van der Waals surface area contributed by atoms with E-state index in [1.54, 1.807) is 0 Å². The van der Waals surface area contributed by atoms with Gasteiger partial charge in [-0.2, -0.15) is 0 Å². The first-order chi connectivity index (χ1) is 16.6. The minimum absolute atomic E-state index is 0.0391. The maximum atomic E-state index is 13.0. The number of hydrogen-bond acceptors (Lipinski definition) is 6. The van der Waals surface area contributed by atoms with E-state index in [4.69, 9.17) is 4.74 Å². The molecule has 1 saturated carbocycles. The quantitative estimate of drug-likeness (QED) is 0.651. The zero-order valence-electron chi connectivity index (χ0n) is 20.1. The lowest BCUT2D eigenvalue weighted by atomic mass is 9.79. The summed E-state index contributed by atoms with van der Waals surface area (Å²) in [6.45, 7) is 4.70. The summed E-state index contributed by atoms with van der Waals surface area (Å²) in [5, 5.41) is 9.19. The Morgan fingerprint density at radius 3 is 2.47 bits per heavy atom. The molecule has 3 atom stereocenters. The van der Waals surface area contributed by atoms with Crippen LogP contribution < -0.4 is 4.90 Å². The van der Waals surface area contributed by atoms with Crippen molar-refractivity contribution in [2.24, 2.45) is 11.8 Å². The van der Waals surface area contributed by atoms with Gasteiger partial charge in [-0.25, -0.2) is 4.79 Å². The van der Waals surface area contributed by atoms with Gasteiger partial charge in [-0.05, 0) is 89.1 Å². The van der Waals surface area contributed by atoms with Crippen LogP contribution >= 0.6 is 0 Å². The van der Waals surface area contributed by atoms with Gasteiger partial charge < -0.3 is 19.6 Å². The topological polar surface area (TPSA) is 86.2 Å². The fourth-order valence-electron chi connectivity index (χ4n) is 6.68. The molecule has 1 aromatic heterocycles. The lowest BCUT2D eigenvalue weighted by Crippen LogP contribution is -2.51. The Labute approximate surface area is 202 Å². The van der Waals surface area contributed by atoms with E-state index in [2.05, 4.69) is 31.8 Å². The van der Waals surface area contributed by atoms with Crippen molar-refractivity contribution in [3.05, 3.63) is 24.5 Å².